The summed E-state index contributed by atoms with van der Waals surface area (Å²) >= 11 is 1.77. The van der Waals surface area contributed by atoms with Crippen LogP contribution in [0.25, 0.3) is 0 Å². The normalized spacial score (nSPS) is 15.4. The van der Waals surface area contributed by atoms with E-state index >= 15 is 0 Å². The number of carbonyl (C=O) groups excluding carboxylic acids is 2. The second-order valence-corrected chi connectivity index (χ2v) is 7.14. The molecule has 0 aromatic rings. The van der Waals surface area contributed by atoms with Gasteiger partial charge < -0.3 is 20.4 Å². The first kappa shape index (κ1) is 24.3. The maximum atomic E-state index is 11.8. The van der Waals surface area contributed by atoms with Crippen LogP contribution in [0.5, 0.6) is 0 Å². The maximum absolute atomic E-state index is 11.8. The van der Waals surface area contributed by atoms with Gasteiger partial charge >= 0.3 is 0 Å². The number of guanidine groups is 1. The first-order valence-corrected chi connectivity index (χ1v) is 9.80. The fourth-order valence-corrected chi connectivity index (χ4v) is 2.84. The van der Waals surface area contributed by atoms with Crippen LogP contribution < -0.4 is 10.6 Å². The van der Waals surface area contributed by atoms with Gasteiger partial charge in [-0.1, -0.05) is 0 Å². The lowest BCUT2D eigenvalue weighted by atomic mass is 9.93. The summed E-state index contributed by atoms with van der Waals surface area (Å²) < 4.78 is 0. The van der Waals surface area contributed by atoms with E-state index in [0.29, 0.717) is 12.3 Å². The van der Waals surface area contributed by atoms with E-state index < -0.39 is 0 Å². The van der Waals surface area contributed by atoms with E-state index in [1.54, 1.807) is 37.8 Å². The first-order chi connectivity index (χ1) is 11.5. The van der Waals surface area contributed by atoms with E-state index in [0.717, 1.165) is 44.2 Å². The molecular formula is C16H32IN5O2S. The third kappa shape index (κ3) is 9.53. The summed E-state index contributed by atoms with van der Waals surface area (Å²) in [4.78, 5) is 31.5. The van der Waals surface area contributed by atoms with Crippen molar-refractivity contribution in [2.75, 3.05) is 59.3 Å². The van der Waals surface area contributed by atoms with Gasteiger partial charge in [0.15, 0.2) is 5.96 Å². The molecule has 0 saturated carbocycles. The average molecular weight is 485 g/mol. The van der Waals surface area contributed by atoms with E-state index in [4.69, 9.17) is 0 Å². The van der Waals surface area contributed by atoms with Crippen LogP contribution in [0.2, 0.25) is 0 Å². The molecule has 9 heteroatoms. The second kappa shape index (κ2) is 13.5. The molecule has 1 aliphatic rings. The molecule has 7 nitrogen and oxygen atoms in total. The minimum atomic E-state index is -0.00586. The van der Waals surface area contributed by atoms with Crippen LogP contribution in [-0.4, -0.2) is 86.9 Å². The number of thioether (sulfide) groups is 1. The topological polar surface area (TPSA) is 77.0 Å². The Morgan fingerprint density at radius 1 is 1.28 bits per heavy atom. The summed E-state index contributed by atoms with van der Waals surface area (Å²) in [6.45, 7) is 2.72. The van der Waals surface area contributed by atoms with Gasteiger partial charge in [-0.25, -0.2) is 4.99 Å². The molecule has 1 rings (SSSR count). The van der Waals surface area contributed by atoms with Crippen LogP contribution in [0.1, 0.15) is 19.3 Å². The Morgan fingerprint density at radius 2 is 1.92 bits per heavy atom. The van der Waals surface area contributed by atoms with Gasteiger partial charge in [-0.15, -0.1) is 24.0 Å². The highest BCUT2D eigenvalue weighted by molar-refractivity contribution is 14.0. The summed E-state index contributed by atoms with van der Waals surface area (Å²) in [6, 6.07) is 0. The predicted octanol–water partition coefficient (Wildman–Crippen LogP) is 0.849. The number of hydrogen-bond acceptors (Lipinski definition) is 4. The van der Waals surface area contributed by atoms with Crippen molar-refractivity contribution >= 4 is 53.5 Å². The lowest BCUT2D eigenvalue weighted by Crippen LogP contribution is -2.47. The smallest absolute Gasteiger partial charge is 0.243 e. The Balaban J connectivity index is 0.00000576. The van der Waals surface area contributed by atoms with E-state index in [1.165, 1.54) is 0 Å². The summed E-state index contributed by atoms with van der Waals surface area (Å²) in [5, 5.41) is 6.05. The summed E-state index contributed by atoms with van der Waals surface area (Å²) in [5.41, 5.74) is 0. The summed E-state index contributed by atoms with van der Waals surface area (Å²) in [5.74, 6) is 2.33. The third-order valence-electron chi connectivity index (χ3n) is 4.12. The standard InChI is InChI=1S/C16H31N5O2S.HI/c1-17-14(22)11-13-5-8-21(9-6-13)16(18-7-10-24-4)19-12-15(23)20(2)3;/h13H,5-12H2,1-4H3,(H,17,22)(H,18,19);1H. The molecule has 2 amide bonds. The molecule has 1 fully saturated rings. The number of amides is 2. The second-order valence-electron chi connectivity index (χ2n) is 6.16. The lowest BCUT2D eigenvalue weighted by Gasteiger charge is -2.34. The van der Waals surface area contributed by atoms with Crippen molar-refractivity contribution in [1.82, 2.24) is 20.4 Å². The zero-order valence-corrected chi connectivity index (χ0v) is 18.9. The molecule has 2 N–H and O–H groups in total. The fourth-order valence-electron chi connectivity index (χ4n) is 2.53. The molecule has 146 valence electrons. The molecule has 0 unspecified atom stereocenters. The van der Waals surface area contributed by atoms with Crippen molar-refractivity contribution in [2.24, 2.45) is 10.9 Å². The highest BCUT2D eigenvalue weighted by atomic mass is 127. The SMILES string of the molecule is CNC(=O)CC1CCN(C(=NCC(=O)N(C)C)NCCSC)CC1.I. The summed E-state index contributed by atoms with van der Waals surface area (Å²) in [6.07, 6.45) is 4.60. The quantitative estimate of drug-likeness (QED) is 0.242. The number of rotatable bonds is 7. The van der Waals surface area contributed by atoms with Gasteiger partial charge in [-0.2, -0.15) is 11.8 Å². The molecule has 0 aliphatic carbocycles. The molecule has 25 heavy (non-hydrogen) atoms. The summed E-state index contributed by atoms with van der Waals surface area (Å²) in [7, 11) is 5.16. The number of piperidine rings is 1. The molecule has 0 bridgehead atoms. The number of hydrogen-bond donors (Lipinski definition) is 2. The number of nitrogens with zero attached hydrogens (tertiary/aromatic N) is 3. The fraction of sp³-hybridized carbons (Fsp3) is 0.812. The molecule has 0 aromatic heterocycles. The van der Waals surface area contributed by atoms with Gasteiger partial charge in [-0.3, -0.25) is 9.59 Å². The van der Waals surface area contributed by atoms with Crippen molar-refractivity contribution in [3.8, 4) is 0 Å². The predicted molar refractivity (Wildman–Crippen MR) is 116 cm³/mol. The van der Waals surface area contributed by atoms with Crippen molar-refractivity contribution in [2.45, 2.75) is 19.3 Å². The lowest BCUT2D eigenvalue weighted by molar-refractivity contribution is -0.127. The Kier molecular flexibility index (Phi) is 13.1. The molecule has 0 spiro atoms. The van der Waals surface area contributed by atoms with Crippen molar-refractivity contribution in [3.05, 3.63) is 0 Å². The van der Waals surface area contributed by atoms with E-state index in [-0.39, 0.29) is 42.3 Å². The highest BCUT2D eigenvalue weighted by Crippen LogP contribution is 2.20. The number of aliphatic imine (C=N–C) groups is 1. The van der Waals surface area contributed by atoms with E-state index in [9.17, 15) is 9.59 Å². The Morgan fingerprint density at radius 3 is 2.44 bits per heavy atom. The van der Waals surface area contributed by atoms with Gasteiger partial charge in [0.25, 0.3) is 0 Å². The Labute approximate surface area is 172 Å². The number of nitrogens with one attached hydrogen (secondary N) is 2. The van der Waals surface area contributed by atoms with Gasteiger partial charge in [0.1, 0.15) is 6.54 Å². The van der Waals surface area contributed by atoms with Crippen LogP contribution in [0.15, 0.2) is 4.99 Å². The van der Waals surface area contributed by atoms with Crippen molar-refractivity contribution in [1.29, 1.82) is 0 Å². The molecule has 0 radical (unpaired) electrons. The van der Waals surface area contributed by atoms with Crippen molar-refractivity contribution in [3.63, 3.8) is 0 Å². The minimum absolute atomic E-state index is 0. The number of likely N-dealkylation sites (tertiary alicyclic amines) is 1. The Hall–Kier alpha value is -0.710. The van der Waals surface area contributed by atoms with Gasteiger partial charge in [0, 0.05) is 53.0 Å². The monoisotopic (exact) mass is 485 g/mol. The van der Waals surface area contributed by atoms with Crippen LogP contribution >= 0.6 is 35.7 Å². The van der Waals surface area contributed by atoms with E-state index in [2.05, 4.69) is 26.8 Å². The zero-order valence-electron chi connectivity index (χ0n) is 15.7. The van der Waals surface area contributed by atoms with Crippen LogP contribution in [-0.2, 0) is 9.59 Å². The maximum Gasteiger partial charge on any atom is 0.243 e. The van der Waals surface area contributed by atoms with Gasteiger partial charge in [-0.05, 0) is 25.0 Å². The van der Waals surface area contributed by atoms with Crippen LogP contribution in [0.4, 0.5) is 0 Å². The van der Waals surface area contributed by atoms with Gasteiger partial charge in [0.2, 0.25) is 11.8 Å². The first-order valence-electron chi connectivity index (χ1n) is 8.40. The van der Waals surface area contributed by atoms with Gasteiger partial charge in [0.05, 0.1) is 0 Å². The molecule has 0 atom stereocenters. The van der Waals surface area contributed by atoms with Crippen LogP contribution in [0.3, 0.4) is 0 Å². The molecule has 0 aromatic carbocycles. The number of likely N-dealkylation sites (N-methyl/N-ethyl adjacent to an activating group) is 1. The molecule has 1 heterocycles. The molecule has 1 aliphatic heterocycles. The Bertz CT molecular complexity index is 440. The van der Waals surface area contributed by atoms with E-state index in [1.807, 2.05) is 0 Å². The third-order valence-corrected chi connectivity index (χ3v) is 4.73. The minimum Gasteiger partial charge on any atom is -0.359 e. The average Bonchev–Trinajstić information content (AvgIpc) is 2.58. The molecular weight excluding hydrogens is 453 g/mol. The largest absolute Gasteiger partial charge is 0.359 e. The number of halogens is 1. The van der Waals surface area contributed by atoms with Crippen LogP contribution in [0, 0.1) is 5.92 Å². The zero-order chi connectivity index (χ0) is 17.9. The number of carbonyl (C=O) groups is 2. The molecule has 1 saturated heterocycles. The highest BCUT2D eigenvalue weighted by Gasteiger charge is 2.23. The van der Waals surface area contributed by atoms with Crippen molar-refractivity contribution < 1.29 is 9.59 Å².